The summed E-state index contributed by atoms with van der Waals surface area (Å²) in [6, 6.07) is 11.5. The Kier molecular flexibility index (Phi) is 5.90. The van der Waals surface area contributed by atoms with Crippen LogP contribution in [0.3, 0.4) is 0 Å². The maximum Gasteiger partial charge on any atom is 0.341 e. The number of esters is 1. The van der Waals surface area contributed by atoms with Gasteiger partial charge < -0.3 is 13.9 Å². The molecule has 0 saturated carbocycles. The summed E-state index contributed by atoms with van der Waals surface area (Å²) in [5.74, 6) is 0.162. The van der Waals surface area contributed by atoms with Gasteiger partial charge in [-0.3, -0.25) is 0 Å². The molecule has 0 atom stereocenters. The second-order valence-corrected chi connectivity index (χ2v) is 12.4. The lowest BCUT2D eigenvalue weighted by atomic mass is 10.1. The first kappa shape index (κ1) is 19.5. The van der Waals surface area contributed by atoms with Gasteiger partial charge in [-0.15, -0.1) is 0 Å². The van der Waals surface area contributed by atoms with Crippen molar-refractivity contribution in [3.63, 3.8) is 0 Å². The molecular weight excluding hydrogens is 332 g/mol. The van der Waals surface area contributed by atoms with E-state index in [1.807, 2.05) is 30.3 Å². The van der Waals surface area contributed by atoms with Crippen molar-refractivity contribution in [1.29, 1.82) is 0 Å². The van der Waals surface area contributed by atoms with E-state index in [0.717, 1.165) is 10.8 Å². The number of carbonyl (C=O) groups is 1. The maximum atomic E-state index is 12.1. The Hall–Kier alpha value is -1.85. The molecule has 0 aliphatic carbocycles. The number of benzene rings is 2. The number of methoxy groups -OCH3 is 1. The smallest absolute Gasteiger partial charge is 0.341 e. The highest BCUT2D eigenvalue weighted by atomic mass is 28.4. The molecular formula is C20H28O4Si. The molecule has 0 heterocycles. The molecule has 0 unspecified atom stereocenters. The summed E-state index contributed by atoms with van der Waals surface area (Å²) in [5, 5.41) is 2.08. The molecule has 25 heavy (non-hydrogen) atoms. The first-order chi connectivity index (χ1) is 11.7. The quantitative estimate of drug-likeness (QED) is 0.412. The lowest BCUT2D eigenvalue weighted by molar-refractivity contribution is 0.0595. The standard InChI is InChI=1S/C20H28O4Si/c1-20(2,3)25(5,6)24-14-13-23-18-16-10-8-7-9-15(16)11-12-17(18)19(21)22-4/h7-12H,13-14H2,1-6H3. The third-order valence-electron chi connectivity index (χ3n) is 4.88. The molecule has 2 aromatic carbocycles. The van der Waals surface area contributed by atoms with Crippen LogP contribution in [-0.2, 0) is 9.16 Å². The van der Waals surface area contributed by atoms with E-state index in [9.17, 15) is 4.79 Å². The van der Waals surface area contributed by atoms with Crippen LogP contribution >= 0.6 is 0 Å². The molecule has 0 aliphatic heterocycles. The Bertz CT molecular complexity index is 747. The first-order valence-corrected chi connectivity index (χ1v) is 11.4. The predicted molar refractivity (Wildman–Crippen MR) is 104 cm³/mol. The van der Waals surface area contributed by atoms with Crippen molar-refractivity contribution >= 4 is 25.1 Å². The van der Waals surface area contributed by atoms with Gasteiger partial charge in [-0.2, -0.15) is 0 Å². The Morgan fingerprint density at radius 2 is 1.72 bits per heavy atom. The fourth-order valence-electron chi connectivity index (χ4n) is 2.33. The van der Waals surface area contributed by atoms with Gasteiger partial charge in [0.05, 0.1) is 13.7 Å². The number of hydrogen-bond acceptors (Lipinski definition) is 4. The molecule has 5 heteroatoms. The van der Waals surface area contributed by atoms with E-state index < -0.39 is 14.3 Å². The van der Waals surface area contributed by atoms with Gasteiger partial charge in [-0.1, -0.05) is 51.1 Å². The van der Waals surface area contributed by atoms with Crippen LogP contribution in [0.25, 0.3) is 10.8 Å². The van der Waals surface area contributed by atoms with E-state index in [-0.39, 0.29) is 5.04 Å². The van der Waals surface area contributed by atoms with E-state index >= 15 is 0 Å². The molecule has 0 aliphatic rings. The Labute approximate surface area is 151 Å². The van der Waals surface area contributed by atoms with Crippen molar-refractivity contribution in [2.75, 3.05) is 20.3 Å². The lowest BCUT2D eigenvalue weighted by Crippen LogP contribution is -2.41. The summed E-state index contributed by atoms with van der Waals surface area (Å²) >= 11 is 0. The molecule has 0 fully saturated rings. The zero-order chi connectivity index (χ0) is 18.7. The molecule has 0 N–H and O–H groups in total. The largest absolute Gasteiger partial charge is 0.490 e. The molecule has 136 valence electrons. The van der Waals surface area contributed by atoms with E-state index in [0.29, 0.717) is 24.5 Å². The predicted octanol–water partition coefficient (Wildman–Crippen LogP) is 5.03. The molecule has 0 aromatic heterocycles. The minimum Gasteiger partial charge on any atom is -0.490 e. The highest BCUT2D eigenvalue weighted by Gasteiger charge is 2.36. The van der Waals surface area contributed by atoms with Crippen LogP contribution in [0.2, 0.25) is 18.1 Å². The van der Waals surface area contributed by atoms with Crippen molar-refractivity contribution in [3.05, 3.63) is 42.0 Å². The Balaban J connectivity index is 2.18. The average molecular weight is 361 g/mol. The normalized spacial score (nSPS) is 12.2. The summed E-state index contributed by atoms with van der Waals surface area (Å²) in [4.78, 5) is 12.1. The summed E-state index contributed by atoms with van der Waals surface area (Å²) < 4.78 is 17.0. The number of rotatable bonds is 6. The molecule has 0 amide bonds. The zero-order valence-electron chi connectivity index (χ0n) is 16.0. The van der Waals surface area contributed by atoms with Gasteiger partial charge in [0.15, 0.2) is 8.32 Å². The van der Waals surface area contributed by atoms with Gasteiger partial charge >= 0.3 is 5.97 Å². The maximum absolute atomic E-state index is 12.1. The zero-order valence-corrected chi connectivity index (χ0v) is 17.0. The molecule has 4 nitrogen and oxygen atoms in total. The van der Waals surface area contributed by atoms with E-state index in [4.69, 9.17) is 13.9 Å². The fourth-order valence-corrected chi connectivity index (χ4v) is 3.35. The van der Waals surface area contributed by atoms with Crippen molar-refractivity contribution in [1.82, 2.24) is 0 Å². The van der Waals surface area contributed by atoms with Crippen LogP contribution < -0.4 is 4.74 Å². The van der Waals surface area contributed by atoms with Crippen molar-refractivity contribution in [2.24, 2.45) is 0 Å². The van der Waals surface area contributed by atoms with Gasteiger partial charge in [0, 0.05) is 5.39 Å². The van der Waals surface area contributed by atoms with Gasteiger partial charge in [-0.25, -0.2) is 4.79 Å². The van der Waals surface area contributed by atoms with Crippen molar-refractivity contribution in [2.45, 2.75) is 38.9 Å². The summed E-state index contributed by atoms with van der Waals surface area (Å²) in [6.07, 6.45) is 0. The van der Waals surface area contributed by atoms with Gasteiger partial charge in [0.1, 0.15) is 17.9 Å². The second kappa shape index (κ2) is 7.58. The highest BCUT2D eigenvalue weighted by molar-refractivity contribution is 6.74. The monoisotopic (exact) mass is 360 g/mol. The number of ether oxygens (including phenoxy) is 2. The topological polar surface area (TPSA) is 44.8 Å². The van der Waals surface area contributed by atoms with Crippen molar-refractivity contribution in [3.8, 4) is 5.75 Å². The van der Waals surface area contributed by atoms with E-state index in [1.165, 1.54) is 7.11 Å². The van der Waals surface area contributed by atoms with Crippen LogP contribution in [0.1, 0.15) is 31.1 Å². The van der Waals surface area contributed by atoms with Crippen LogP contribution in [0.5, 0.6) is 5.75 Å². The third-order valence-corrected chi connectivity index (χ3v) is 9.42. The molecule has 0 radical (unpaired) electrons. The van der Waals surface area contributed by atoms with Crippen LogP contribution in [0.15, 0.2) is 36.4 Å². The molecule has 0 bridgehead atoms. The summed E-state index contributed by atoms with van der Waals surface area (Å²) in [7, 11) is -0.434. The summed E-state index contributed by atoms with van der Waals surface area (Å²) in [5.41, 5.74) is 0.438. The lowest BCUT2D eigenvalue weighted by Gasteiger charge is -2.36. The van der Waals surface area contributed by atoms with E-state index in [2.05, 4.69) is 33.9 Å². The highest BCUT2D eigenvalue weighted by Crippen LogP contribution is 2.36. The van der Waals surface area contributed by atoms with Crippen LogP contribution in [-0.4, -0.2) is 34.6 Å². The van der Waals surface area contributed by atoms with Crippen LogP contribution in [0, 0.1) is 0 Å². The molecule has 0 saturated heterocycles. The molecule has 0 spiro atoms. The number of carbonyl (C=O) groups excluding carboxylic acids is 1. The third kappa shape index (κ3) is 4.41. The van der Waals surface area contributed by atoms with Crippen LogP contribution in [0.4, 0.5) is 0 Å². The molecule has 2 rings (SSSR count). The second-order valence-electron chi connectivity index (χ2n) is 7.61. The molecule has 2 aromatic rings. The summed E-state index contributed by atoms with van der Waals surface area (Å²) in [6.45, 7) is 11.9. The van der Waals surface area contributed by atoms with Gasteiger partial charge in [-0.05, 0) is 29.6 Å². The fraction of sp³-hybridized carbons (Fsp3) is 0.450. The Morgan fingerprint density at radius 3 is 2.36 bits per heavy atom. The number of hydrogen-bond donors (Lipinski definition) is 0. The minimum atomic E-state index is -1.81. The van der Waals surface area contributed by atoms with Crippen molar-refractivity contribution < 1.29 is 18.7 Å². The number of fused-ring (bicyclic) bond motifs is 1. The average Bonchev–Trinajstić information content (AvgIpc) is 2.56. The van der Waals surface area contributed by atoms with Gasteiger partial charge in [0.25, 0.3) is 0 Å². The Morgan fingerprint density at radius 1 is 1.04 bits per heavy atom. The SMILES string of the molecule is COC(=O)c1ccc2ccccc2c1OCCO[Si](C)(C)C(C)(C)C. The minimum absolute atomic E-state index is 0.156. The van der Waals surface area contributed by atoms with E-state index in [1.54, 1.807) is 6.07 Å². The first-order valence-electron chi connectivity index (χ1n) is 8.54. The van der Waals surface area contributed by atoms with Gasteiger partial charge in [0.2, 0.25) is 0 Å².